The van der Waals surface area contributed by atoms with Crippen LogP contribution in [0.1, 0.15) is 18.5 Å². The third-order valence-electron chi connectivity index (χ3n) is 2.95. The Balaban J connectivity index is 1.59. The largest absolute Gasteiger partial charge is 0.466 e. The molecule has 1 aromatic heterocycles. The Bertz CT molecular complexity index is 352. The fraction of sp³-hybridized carbons (Fsp3) is 0.643. The third-order valence-corrected chi connectivity index (χ3v) is 2.95. The molecule has 1 N–H and O–H groups in total. The number of hydrogen-bond acceptors (Lipinski definition) is 5. The highest BCUT2D eigenvalue weighted by atomic mass is 16.7. The second-order valence-electron chi connectivity index (χ2n) is 4.73. The van der Waals surface area contributed by atoms with E-state index >= 15 is 0 Å². The van der Waals surface area contributed by atoms with Crippen molar-refractivity contribution in [2.45, 2.75) is 19.4 Å². The lowest BCUT2D eigenvalue weighted by Crippen LogP contribution is -2.19. The van der Waals surface area contributed by atoms with E-state index in [1.54, 1.807) is 13.3 Å². The molecule has 0 amide bonds. The lowest BCUT2D eigenvalue weighted by Gasteiger charge is -2.07. The molecule has 0 saturated heterocycles. The predicted octanol–water partition coefficient (Wildman–Crippen LogP) is 1.58. The van der Waals surface area contributed by atoms with Crippen molar-refractivity contribution in [3.8, 4) is 5.75 Å². The number of aromatic nitrogens is 1. The second kappa shape index (κ2) is 8.09. The van der Waals surface area contributed by atoms with Crippen LogP contribution in [0.3, 0.4) is 0 Å². The lowest BCUT2D eigenvalue weighted by molar-refractivity contribution is 0.00977. The molecule has 0 aromatic carbocycles. The minimum Gasteiger partial charge on any atom is -0.466 e. The Morgan fingerprint density at radius 3 is 2.95 bits per heavy atom. The Labute approximate surface area is 114 Å². The molecule has 0 unspecified atom stereocenters. The number of nitrogens with zero attached hydrogens (tertiary/aromatic N) is 1. The van der Waals surface area contributed by atoms with Gasteiger partial charge < -0.3 is 19.5 Å². The lowest BCUT2D eigenvalue weighted by atomic mass is 10.3. The zero-order valence-electron chi connectivity index (χ0n) is 11.4. The zero-order valence-corrected chi connectivity index (χ0v) is 11.4. The van der Waals surface area contributed by atoms with Gasteiger partial charge >= 0.3 is 0 Å². The highest BCUT2D eigenvalue weighted by molar-refractivity contribution is 5.19. The monoisotopic (exact) mass is 266 g/mol. The summed E-state index contributed by atoms with van der Waals surface area (Å²) in [6, 6.07) is 3.87. The van der Waals surface area contributed by atoms with Gasteiger partial charge in [0, 0.05) is 20.2 Å². The molecule has 0 radical (unpaired) electrons. The van der Waals surface area contributed by atoms with E-state index in [2.05, 4.69) is 10.3 Å². The van der Waals surface area contributed by atoms with Crippen molar-refractivity contribution in [3.63, 3.8) is 0 Å². The van der Waals surface area contributed by atoms with Crippen LogP contribution in [-0.4, -0.2) is 38.6 Å². The summed E-state index contributed by atoms with van der Waals surface area (Å²) in [6.45, 7) is 3.39. The zero-order chi connectivity index (χ0) is 13.3. The highest BCUT2D eigenvalue weighted by Crippen LogP contribution is 2.28. The number of methoxy groups -OCH3 is 1. The van der Waals surface area contributed by atoms with Gasteiger partial charge in [0.15, 0.2) is 6.79 Å². The molecule has 1 heterocycles. The molecule has 5 heteroatoms. The maximum absolute atomic E-state index is 5.46. The summed E-state index contributed by atoms with van der Waals surface area (Å²) in [7, 11) is 1.69. The van der Waals surface area contributed by atoms with Crippen LogP contribution >= 0.6 is 0 Å². The van der Waals surface area contributed by atoms with Gasteiger partial charge in [-0.25, -0.2) is 0 Å². The van der Waals surface area contributed by atoms with Crippen molar-refractivity contribution in [2.75, 3.05) is 33.7 Å². The van der Waals surface area contributed by atoms with Crippen LogP contribution < -0.4 is 10.1 Å². The van der Waals surface area contributed by atoms with E-state index in [-0.39, 0.29) is 0 Å². The van der Waals surface area contributed by atoms with Crippen molar-refractivity contribution < 1.29 is 14.2 Å². The Morgan fingerprint density at radius 2 is 2.26 bits per heavy atom. The Hall–Kier alpha value is -1.17. The highest BCUT2D eigenvalue weighted by Gasteiger charge is 2.21. The van der Waals surface area contributed by atoms with E-state index in [1.807, 2.05) is 12.1 Å². The van der Waals surface area contributed by atoms with Crippen LogP contribution in [0, 0.1) is 5.92 Å². The first kappa shape index (κ1) is 14.2. The Kier molecular flexibility index (Phi) is 6.07. The van der Waals surface area contributed by atoms with E-state index < -0.39 is 0 Å². The first-order valence-electron chi connectivity index (χ1n) is 6.73. The molecule has 19 heavy (non-hydrogen) atoms. The Morgan fingerprint density at radius 1 is 1.37 bits per heavy atom. The molecule has 5 nitrogen and oxygen atoms in total. The van der Waals surface area contributed by atoms with Gasteiger partial charge in [0.05, 0.1) is 25.1 Å². The van der Waals surface area contributed by atoms with Crippen molar-refractivity contribution >= 4 is 0 Å². The molecule has 0 bridgehead atoms. The summed E-state index contributed by atoms with van der Waals surface area (Å²) < 4.78 is 15.8. The van der Waals surface area contributed by atoms with E-state index in [4.69, 9.17) is 14.2 Å². The molecular formula is C14H22N2O3. The quantitative estimate of drug-likeness (QED) is 0.515. The SMILES string of the molecule is COCCNCc1ccc(OCOCC2CC2)cn1. The minimum atomic E-state index is 0.309. The molecule has 106 valence electrons. The van der Waals surface area contributed by atoms with Crippen LogP contribution in [0.15, 0.2) is 18.3 Å². The molecule has 1 fully saturated rings. The molecule has 1 aromatic rings. The van der Waals surface area contributed by atoms with Crippen molar-refractivity contribution in [3.05, 3.63) is 24.0 Å². The smallest absolute Gasteiger partial charge is 0.189 e. The van der Waals surface area contributed by atoms with Gasteiger partial charge in [-0.3, -0.25) is 4.98 Å². The van der Waals surface area contributed by atoms with Crippen molar-refractivity contribution in [1.82, 2.24) is 10.3 Å². The fourth-order valence-electron chi connectivity index (χ4n) is 1.60. The molecule has 2 rings (SSSR count). The van der Waals surface area contributed by atoms with Crippen molar-refractivity contribution in [2.24, 2.45) is 5.92 Å². The summed E-state index contributed by atoms with van der Waals surface area (Å²) in [5.74, 6) is 1.51. The van der Waals surface area contributed by atoms with Crippen LogP contribution in [0.2, 0.25) is 0 Å². The van der Waals surface area contributed by atoms with Crippen LogP contribution in [0.4, 0.5) is 0 Å². The summed E-state index contributed by atoms with van der Waals surface area (Å²) in [5.41, 5.74) is 0.988. The molecule has 0 atom stereocenters. The standard InChI is InChI=1S/C14H22N2O3/c1-17-7-6-15-8-13-4-5-14(9-16-13)19-11-18-10-12-2-3-12/h4-5,9,12,15H,2-3,6-8,10-11H2,1H3. The van der Waals surface area contributed by atoms with Gasteiger partial charge in [-0.15, -0.1) is 0 Å². The maximum atomic E-state index is 5.46. The first-order chi connectivity index (χ1) is 9.38. The van der Waals surface area contributed by atoms with E-state index in [0.29, 0.717) is 13.4 Å². The molecule has 1 aliphatic rings. The number of hydrogen-bond donors (Lipinski definition) is 1. The second-order valence-corrected chi connectivity index (χ2v) is 4.73. The van der Waals surface area contributed by atoms with Crippen LogP contribution in [-0.2, 0) is 16.0 Å². The van der Waals surface area contributed by atoms with Gasteiger partial charge in [-0.1, -0.05) is 0 Å². The minimum absolute atomic E-state index is 0.309. The summed E-state index contributed by atoms with van der Waals surface area (Å²) in [6.07, 6.45) is 4.33. The van der Waals surface area contributed by atoms with Crippen molar-refractivity contribution in [1.29, 1.82) is 0 Å². The molecule has 0 spiro atoms. The molecule has 0 aliphatic heterocycles. The molecule has 1 aliphatic carbocycles. The summed E-state index contributed by atoms with van der Waals surface area (Å²) in [4.78, 5) is 4.32. The number of nitrogens with one attached hydrogen (secondary N) is 1. The van der Waals surface area contributed by atoms with Gasteiger partial charge in [0.1, 0.15) is 5.75 Å². The third kappa shape index (κ3) is 6.00. The number of rotatable bonds is 10. The predicted molar refractivity (Wildman–Crippen MR) is 72.0 cm³/mol. The summed E-state index contributed by atoms with van der Waals surface area (Å²) >= 11 is 0. The number of ether oxygens (including phenoxy) is 3. The van der Waals surface area contributed by atoms with Crippen LogP contribution in [0.5, 0.6) is 5.75 Å². The van der Waals surface area contributed by atoms with E-state index in [1.165, 1.54) is 12.8 Å². The van der Waals surface area contributed by atoms with Gasteiger partial charge in [0.2, 0.25) is 0 Å². The summed E-state index contributed by atoms with van der Waals surface area (Å²) in [5, 5.41) is 3.24. The maximum Gasteiger partial charge on any atom is 0.189 e. The van der Waals surface area contributed by atoms with E-state index in [0.717, 1.165) is 37.1 Å². The topological polar surface area (TPSA) is 52.6 Å². The average molecular weight is 266 g/mol. The van der Waals surface area contributed by atoms with E-state index in [9.17, 15) is 0 Å². The normalized spacial score (nSPS) is 14.6. The first-order valence-corrected chi connectivity index (χ1v) is 6.73. The van der Waals surface area contributed by atoms with Crippen LogP contribution in [0.25, 0.3) is 0 Å². The molecule has 1 saturated carbocycles. The van der Waals surface area contributed by atoms with Gasteiger partial charge in [-0.2, -0.15) is 0 Å². The number of pyridine rings is 1. The fourth-order valence-corrected chi connectivity index (χ4v) is 1.60. The van der Waals surface area contributed by atoms with Gasteiger partial charge in [-0.05, 0) is 30.9 Å². The average Bonchev–Trinajstić information content (AvgIpc) is 3.25. The van der Waals surface area contributed by atoms with Gasteiger partial charge in [0.25, 0.3) is 0 Å². The molecular weight excluding hydrogens is 244 g/mol.